The monoisotopic (exact) mass is 299 g/mol. The van der Waals surface area contributed by atoms with Gasteiger partial charge in [-0.2, -0.15) is 12.6 Å². The van der Waals surface area contributed by atoms with Crippen LogP contribution in [-0.2, 0) is 0 Å². The lowest BCUT2D eigenvalue weighted by molar-refractivity contribution is 0.111. The molecular weight excluding hydrogens is 262 g/mol. The molecule has 0 aromatic carbocycles. The molecule has 1 nitrogen and oxygen atoms in total. The van der Waals surface area contributed by atoms with Crippen molar-refractivity contribution in [2.75, 3.05) is 25.4 Å². The molecule has 0 aromatic heterocycles. The maximum Gasteiger partial charge on any atom is -0.00159 e. The van der Waals surface area contributed by atoms with Gasteiger partial charge in [0.05, 0.1) is 0 Å². The Labute approximate surface area is 133 Å². The number of piperidine rings is 1. The van der Waals surface area contributed by atoms with Crippen molar-refractivity contribution >= 4 is 12.6 Å². The molecule has 0 atom stereocenters. The van der Waals surface area contributed by atoms with E-state index < -0.39 is 0 Å². The average Bonchev–Trinajstić information content (AvgIpc) is 2.41. The Hall–Kier alpha value is 0.310. The maximum atomic E-state index is 4.26. The highest BCUT2D eigenvalue weighted by atomic mass is 32.1. The molecule has 120 valence electrons. The van der Waals surface area contributed by atoms with Gasteiger partial charge in [-0.1, -0.05) is 52.9 Å². The van der Waals surface area contributed by atoms with E-state index in [0.29, 0.717) is 5.41 Å². The van der Waals surface area contributed by atoms with Crippen LogP contribution in [0.2, 0.25) is 0 Å². The van der Waals surface area contributed by atoms with E-state index in [4.69, 9.17) is 0 Å². The lowest BCUT2D eigenvalue weighted by Crippen LogP contribution is -2.38. The Bertz CT molecular complexity index is 226. The van der Waals surface area contributed by atoms with Crippen LogP contribution in [0.1, 0.15) is 78.6 Å². The van der Waals surface area contributed by atoms with Crippen molar-refractivity contribution in [2.24, 2.45) is 11.3 Å². The first-order chi connectivity index (χ1) is 9.54. The highest BCUT2D eigenvalue weighted by Crippen LogP contribution is 2.34. The summed E-state index contributed by atoms with van der Waals surface area (Å²) in [6.45, 7) is 11.2. The van der Waals surface area contributed by atoms with E-state index in [2.05, 4.69) is 38.3 Å². The van der Waals surface area contributed by atoms with Gasteiger partial charge in [-0.25, -0.2) is 0 Å². The van der Waals surface area contributed by atoms with Crippen LogP contribution >= 0.6 is 12.6 Å². The van der Waals surface area contributed by atoms with Crippen molar-refractivity contribution < 1.29 is 0 Å². The number of unbranched alkanes of at least 4 members (excludes halogenated alkanes) is 6. The van der Waals surface area contributed by atoms with Crippen molar-refractivity contribution in [1.82, 2.24) is 4.90 Å². The summed E-state index contributed by atoms with van der Waals surface area (Å²) in [4.78, 5) is 2.70. The highest BCUT2D eigenvalue weighted by Gasteiger charge is 2.28. The first-order valence-corrected chi connectivity index (χ1v) is 9.50. The van der Waals surface area contributed by atoms with Crippen LogP contribution < -0.4 is 0 Å². The molecule has 0 spiro atoms. The molecular formula is C18H37NS. The van der Waals surface area contributed by atoms with Crippen molar-refractivity contribution in [3.05, 3.63) is 0 Å². The van der Waals surface area contributed by atoms with Crippen molar-refractivity contribution in [3.63, 3.8) is 0 Å². The smallest absolute Gasteiger partial charge is 0.00159 e. The van der Waals surface area contributed by atoms with Gasteiger partial charge < -0.3 is 4.90 Å². The second kappa shape index (κ2) is 10.1. The van der Waals surface area contributed by atoms with Gasteiger partial charge >= 0.3 is 0 Å². The summed E-state index contributed by atoms with van der Waals surface area (Å²) >= 11 is 4.26. The zero-order chi connectivity index (χ0) is 14.8. The molecule has 1 saturated heterocycles. The molecule has 1 rings (SSSR count). The Balaban J connectivity index is 1.94. The molecule has 1 heterocycles. The average molecular weight is 300 g/mol. The summed E-state index contributed by atoms with van der Waals surface area (Å²) < 4.78 is 0. The minimum absolute atomic E-state index is 0.513. The van der Waals surface area contributed by atoms with E-state index >= 15 is 0 Å². The zero-order valence-corrected chi connectivity index (χ0v) is 15.1. The van der Waals surface area contributed by atoms with Crippen molar-refractivity contribution in [1.29, 1.82) is 0 Å². The summed E-state index contributed by atoms with van der Waals surface area (Å²) in [6.07, 6.45) is 12.6. The fourth-order valence-electron chi connectivity index (χ4n) is 3.35. The SMILES string of the molecule is CC(C)(C)C1CCN(CCCCCCCCCS)CC1. The van der Waals surface area contributed by atoms with Gasteiger partial charge in [0.1, 0.15) is 0 Å². The molecule has 0 unspecified atom stereocenters. The minimum Gasteiger partial charge on any atom is -0.303 e. The maximum absolute atomic E-state index is 4.26. The molecule has 1 aliphatic rings. The third-order valence-corrected chi connectivity index (χ3v) is 5.26. The van der Waals surface area contributed by atoms with Gasteiger partial charge in [-0.05, 0) is 62.4 Å². The lowest BCUT2D eigenvalue weighted by atomic mass is 9.75. The van der Waals surface area contributed by atoms with Crippen LogP contribution in [0.15, 0.2) is 0 Å². The number of likely N-dealkylation sites (tertiary alicyclic amines) is 1. The molecule has 0 aromatic rings. The van der Waals surface area contributed by atoms with Gasteiger partial charge in [0, 0.05) is 0 Å². The van der Waals surface area contributed by atoms with E-state index in [1.165, 1.54) is 77.4 Å². The summed E-state index contributed by atoms with van der Waals surface area (Å²) in [5.74, 6) is 2.00. The Morgan fingerprint density at radius 2 is 1.35 bits per heavy atom. The van der Waals surface area contributed by atoms with Crippen LogP contribution in [-0.4, -0.2) is 30.3 Å². The third kappa shape index (κ3) is 7.93. The third-order valence-electron chi connectivity index (χ3n) is 4.94. The fraction of sp³-hybridized carbons (Fsp3) is 1.00. The molecule has 0 N–H and O–H groups in total. The van der Waals surface area contributed by atoms with E-state index in [1.54, 1.807) is 0 Å². The van der Waals surface area contributed by atoms with Gasteiger partial charge in [0.2, 0.25) is 0 Å². The molecule has 1 aliphatic heterocycles. The second-order valence-corrected chi connectivity index (χ2v) is 8.13. The largest absolute Gasteiger partial charge is 0.303 e. The molecule has 0 saturated carbocycles. The van der Waals surface area contributed by atoms with Gasteiger partial charge in [-0.15, -0.1) is 0 Å². The number of hydrogen-bond acceptors (Lipinski definition) is 2. The van der Waals surface area contributed by atoms with Crippen LogP contribution in [0, 0.1) is 11.3 Å². The summed E-state index contributed by atoms with van der Waals surface area (Å²) in [7, 11) is 0. The van der Waals surface area contributed by atoms with Crippen LogP contribution in [0.3, 0.4) is 0 Å². The topological polar surface area (TPSA) is 3.24 Å². The zero-order valence-electron chi connectivity index (χ0n) is 14.2. The predicted octanol–water partition coefficient (Wildman–Crippen LogP) is 5.41. The molecule has 2 heteroatoms. The summed E-state index contributed by atoms with van der Waals surface area (Å²) in [5.41, 5.74) is 0.513. The Morgan fingerprint density at radius 1 is 0.850 bits per heavy atom. The highest BCUT2D eigenvalue weighted by molar-refractivity contribution is 7.80. The Morgan fingerprint density at radius 3 is 1.85 bits per heavy atom. The van der Waals surface area contributed by atoms with E-state index in [9.17, 15) is 0 Å². The van der Waals surface area contributed by atoms with Gasteiger partial charge in [0.15, 0.2) is 0 Å². The van der Waals surface area contributed by atoms with Gasteiger partial charge in [-0.3, -0.25) is 0 Å². The number of hydrogen-bond donors (Lipinski definition) is 1. The van der Waals surface area contributed by atoms with E-state index in [1.807, 2.05) is 0 Å². The second-order valence-electron chi connectivity index (χ2n) is 7.68. The summed E-state index contributed by atoms with van der Waals surface area (Å²) in [6, 6.07) is 0. The normalized spacial score (nSPS) is 18.6. The van der Waals surface area contributed by atoms with Crippen LogP contribution in [0.4, 0.5) is 0 Å². The number of rotatable bonds is 9. The van der Waals surface area contributed by atoms with Crippen molar-refractivity contribution in [3.8, 4) is 0 Å². The summed E-state index contributed by atoms with van der Waals surface area (Å²) in [5, 5.41) is 0. The predicted molar refractivity (Wildman–Crippen MR) is 94.8 cm³/mol. The lowest BCUT2D eigenvalue weighted by Gasteiger charge is -2.38. The molecule has 1 fully saturated rings. The Kier molecular flexibility index (Phi) is 9.28. The quantitative estimate of drug-likeness (QED) is 0.440. The van der Waals surface area contributed by atoms with Gasteiger partial charge in [0.25, 0.3) is 0 Å². The van der Waals surface area contributed by atoms with Crippen LogP contribution in [0.25, 0.3) is 0 Å². The molecule has 20 heavy (non-hydrogen) atoms. The van der Waals surface area contributed by atoms with Crippen LogP contribution in [0.5, 0.6) is 0 Å². The first kappa shape index (κ1) is 18.4. The van der Waals surface area contributed by atoms with E-state index in [-0.39, 0.29) is 0 Å². The standard InChI is InChI=1S/C18H37NS/c1-18(2,3)17-11-14-19(15-12-17)13-9-7-5-4-6-8-10-16-20/h17,20H,4-16H2,1-3H3. The molecule has 0 amide bonds. The molecule has 0 aliphatic carbocycles. The number of nitrogens with zero attached hydrogens (tertiary/aromatic N) is 1. The molecule has 0 radical (unpaired) electrons. The van der Waals surface area contributed by atoms with E-state index in [0.717, 1.165) is 11.7 Å². The van der Waals surface area contributed by atoms with Crippen molar-refractivity contribution in [2.45, 2.75) is 78.6 Å². The fourth-order valence-corrected chi connectivity index (χ4v) is 3.58. The molecule has 0 bridgehead atoms. The number of thiol groups is 1. The minimum atomic E-state index is 0.513. The first-order valence-electron chi connectivity index (χ1n) is 8.87.